The average Bonchev–Trinajstić information content (AvgIpc) is 2.94. The first-order valence-corrected chi connectivity index (χ1v) is 10.4. The van der Waals surface area contributed by atoms with Gasteiger partial charge in [-0.1, -0.05) is 23.2 Å². The minimum Gasteiger partial charge on any atom is -0.393 e. The summed E-state index contributed by atoms with van der Waals surface area (Å²) in [7, 11) is 0. The van der Waals surface area contributed by atoms with Crippen LogP contribution in [0.15, 0.2) is 18.2 Å². The maximum atomic E-state index is 13.4. The first kappa shape index (κ1) is 18.4. The number of aliphatic hydroxyl groups excluding tert-OH is 1. The van der Waals surface area contributed by atoms with Crippen molar-refractivity contribution in [2.75, 3.05) is 24.5 Å². The van der Waals surface area contributed by atoms with E-state index in [1.54, 1.807) is 6.07 Å². The molecule has 6 heteroatoms. The van der Waals surface area contributed by atoms with Gasteiger partial charge in [0.15, 0.2) is 0 Å². The van der Waals surface area contributed by atoms with E-state index in [-0.39, 0.29) is 11.5 Å². The normalized spacial score (nSPS) is 32.5. The summed E-state index contributed by atoms with van der Waals surface area (Å²) in [5.74, 6) is 0.307. The molecule has 26 heavy (non-hydrogen) atoms. The van der Waals surface area contributed by atoms with Gasteiger partial charge in [-0.25, -0.2) is 0 Å². The summed E-state index contributed by atoms with van der Waals surface area (Å²) < 4.78 is 0. The van der Waals surface area contributed by atoms with Crippen molar-refractivity contribution in [3.8, 4) is 0 Å². The van der Waals surface area contributed by atoms with Gasteiger partial charge in [0, 0.05) is 30.7 Å². The Morgan fingerprint density at radius 2 is 1.85 bits per heavy atom. The lowest BCUT2D eigenvalue weighted by atomic mass is 9.78. The van der Waals surface area contributed by atoms with Crippen molar-refractivity contribution in [2.45, 2.75) is 57.1 Å². The molecule has 2 aliphatic heterocycles. The first-order chi connectivity index (χ1) is 12.5. The lowest BCUT2D eigenvalue weighted by Gasteiger charge is -2.41. The van der Waals surface area contributed by atoms with E-state index in [0.717, 1.165) is 70.3 Å². The Balaban J connectivity index is 1.51. The fourth-order valence-corrected chi connectivity index (χ4v) is 5.41. The van der Waals surface area contributed by atoms with Gasteiger partial charge < -0.3 is 14.9 Å². The van der Waals surface area contributed by atoms with Crippen LogP contribution < -0.4 is 4.90 Å². The van der Waals surface area contributed by atoms with E-state index < -0.39 is 0 Å². The van der Waals surface area contributed by atoms with Gasteiger partial charge in [0.2, 0.25) is 5.91 Å². The van der Waals surface area contributed by atoms with Crippen LogP contribution in [0, 0.1) is 5.41 Å². The van der Waals surface area contributed by atoms with E-state index in [0.29, 0.717) is 22.0 Å². The zero-order valence-electron chi connectivity index (χ0n) is 15.0. The molecule has 0 unspecified atom stereocenters. The molecule has 3 fully saturated rings. The molecule has 4 nitrogen and oxygen atoms in total. The molecule has 142 valence electrons. The molecule has 1 aromatic rings. The molecule has 2 saturated heterocycles. The van der Waals surface area contributed by atoms with E-state index in [4.69, 9.17) is 23.2 Å². The lowest BCUT2D eigenvalue weighted by molar-refractivity contribution is -0.139. The second-order valence-corrected chi connectivity index (χ2v) is 8.96. The third-order valence-corrected chi connectivity index (χ3v) is 7.03. The molecule has 2 heterocycles. The van der Waals surface area contributed by atoms with Gasteiger partial charge >= 0.3 is 0 Å². The predicted octanol–water partition coefficient (Wildman–Crippen LogP) is 4.12. The van der Waals surface area contributed by atoms with Crippen LogP contribution in [0.3, 0.4) is 0 Å². The van der Waals surface area contributed by atoms with E-state index in [1.807, 2.05) is 12.1 Å². The average molecular weight is 397 g/mol. The van der Waals surface area contributed by atoms with E-state index in [1.165, 1.54) is 0 Å². The maximum absolute atomic E-state index is 13.4. The Morgan fingerprint density at radius 3 is 2.62 bits per heavy atom. The number of anilines is 1. The molecule has 3 aliphatic rings. The largest absolute Gasteiger partial charge is 0.393 e. The molecule has 1 spiro atoms. The molecular formula is C20H26Cl2N2O2. The molecule has 0 bridgehead atoms. The second kappa shape index (κ2) is 7.21. The molecular weight excluding hydrogens is 371 g/mol. The Hall–Kier alpha value is -0.970. The number of likely N-dealkylation sites (tertiary alicyclic amines) is 1. The number of rotatable bonds is 2. The molecule has 1 saturated carbocycles. The van der Waals surface area contributed by atoms with Crippen molar-refractivity contribution in [2.24, 2.45) is 5.41 Å². The Labute approximate surface area is 165 Å². The highest BCUT2D eigenvalue weighted by Gasteiger charge is 2.50. The van der Waals surface area contributed by atoms with Crippen LogP contribution in [0.1, 0.15) is 44.9 Å². The lowest BCUT2D eigenvalue weighted by Crippen LogP contribution is -2.50. The number of carbonyl (C=O) groups excluding carboxylic acids is 1. The highest BCUT2D eigenvalue weighted by molar-refractivity contribution is 6.35. The maximum Gasteiger partial charge on any atom is 0.230 e. The molecule has 1 aliphatic carbocycles. The van der Waals surface area contributed by atoms with Crippen molar-refractivity contribution in [3.63, 3.8) is 0 Å². The van der Waals surface area contributed by atoms with Gasteiger partial charge in [0.05, 0.1) is 22.2 Å². The zero-order valence-corrected chi connectivity index (χ0v) is 16.5. The van der Waals surface area contributed by atoms with Crippen LogP contribution >= 0.6 is 23.2 Å². The first-order valence-electron chi connectivity index (χ1n) is 9.68. The molecule has 4 rings (SSSR count). The molecule has 1 atom stereocenters. The van der Waals surface area contributed by atoms with Gasteiger partial charge in [0.1, 0.15) is 0 Å². The minimum absolute atomic E-state index is 0.187. The monoisotopic (exact) mass is 396 g/mol. The van der Waals surface area contributed by atoms with Crippen molar-refractivity contribution in [1.82, 2.24) is 4.90 Å². The fourth-order valence-electron chi connectivity index (χ4n) is 5.01. The summed E-state index contributed by atoms with van der Waals surface area (Å²) in [4.78, 5) is 17.7. The van der Waals surface area contributed by atoms with Crippen LogP contribution in [-0.4, -0.2) is 47.7 Å². The highest BCUT2D eigenvalue weighted by Crippen LogP contribution is 2.44. The van der Waals surface area contributed by atoms with Gasteiger partial charge in [0.25, 0.3) is 0 Å². The smallest absolute Gasteiger partial charge is 0.230 e. The second-order valence-electron chi connectivity index (χ2n) is 8.11. The topological polar surface area (TPSA) is 43.8 Å². The Morgan fingerprint density at radius 1 is 1.08 bits per heavy atom. The molecule has 0 radical (unpaired) electrons. The van der Waals surface area contributed by atoms with Gasteiger partial charge in [-0.15, -0.1) is 0 Å². The number of hydrogen-bond donors (Lipinski definition) is 1. The summed E-state index contributed by atoms with van der Waals surface area (Å²) in [6, 6.07) is 5.84. The summed E-state index contributed by atoms with van der Waals surface area (Å²) in [6.07, 6.45) is 6.14. The van der Waals surface area contributed by atoms with E-state index in [9.17, 15) is 9.90 Å². The summed E-state index contributed by atoms with van der Waals surface area (Å²) in [5.41, 5.74) is 0.644. The van der Waals surface area contributed by atoms with Gasteiger partial charge in [-0.05, 0) is 63.1 Å². The number of aliphatic hydroxyl groups is 1. The third-order valence-electron chi connectivity index (χ3n) is 6.48. The summed E-state index contributed by atoms with van der Waals surface area (Å²) >= 11 is 12.6. The summed E-state index contributed by atoms with van der Waals surface area (Å²) in [5, 5.41) is 11.1. The molecule has 0 aromatic heterocycles. The van der Waals surface area contributed by atoms with Crippen LogP contribution in [-0.2, 0) is 4.79 Å². The number of hydrogen-bond acceptors (Lipinski definition) is 3. The standard InChI is InChI=1S/C20H26Cl2N2O2/c21-14-2-7-17(22)18(12-14)23-10-1-8-20(13-23)9-11-24(19(20)26)15-3-5-16(25)6-4-15/h2,7,12,15-16,25H,1,3-6,8-11,13H2/t15-,16-,20-/m1/s1. The quantitative estimate of drug-likeness (QED) is 0.817. The number of amides is 1. The van der Waals surface area contributed by atoms with Crippen LogP contribution in [0.2, 0.25) is 10.0 Å². The van der Waals surface area contributed by atoms with Crippen molar-refractivity contribution >= 4 is 34.8 Å². The number of nitrogens with zero attached hydrogens (tertiary/aromatic N) is 2. The summed E-state index contributed by atoms with van der Waals surface area (Å²) in [6.45, 7) is 2.47. The van der Waals surface area contributed by atoms with Crippen molar-refractivity contribution < 1.29 is 9.90 Å². The minimum atomic E-state index is -0.292. The Bertz CT molecular complexity index is 690. The number of halogens is 2. The van der Waals surface area contributed by atoms with Gasteiger partial charge in [-0.2, -0.15) is 0 Å². The highest BCUT2D eigenvalue weighted by atomic mass is 35.5. The van der Waals surface area contributed by atoms with Crippen LogP contribution in [0.5, 0.6) is 0 Å². The van der Waals surface area contributed by atoms with Crippen molar-refractivity contribution in [3.05, 3.63) is 28.2 Å². The number of benzene rings is 1. The van der Waals surface area contributed by atoms with Crippen LogP contribution in [0.25, 0.3) is 0 Å². The number of carbonyl (C=O) groups is 1. The molecule has 1 aromatic carbocycles. The van der Waals surface area contributed by atoms with Crippen molar-refractivity contribution in [1.29, 1.82) is 0 Å². The van der Waals surface area contributed by atoms with Gasteiger partial charge in [-0.3, -0.25) is 4.79 Å². The fraction of sp³-hybridized carbons (Fsp3) is 0.650. The molecule has 1 amide bonds. The van der Waals surface area contributed by atoms with E-state index >= 15 is 0 Å². The van der Waals surface area contributed by atoms with E-state index in [2.05, 4.69) is 9.80 Å². The predicted molar refractivity (Wildman–Crippen MR) is 105 cm³/mol. The zero-order chi connectivity index (χ0) is 18.3. The third kappa shape index (κ3) is 3.32. The Kier molecular flexibility index (Phi) is 5.10. The van der Waals surface area contributed by atoms with Crippen LogP contribution in [0.4, 0.5) is 5.69 Å². The SMILES string of the molecule is O=C1N([C@H]2CC[C@H](O)CC2)CC[C@@]12CCCN(c1cc(Cl)ccc1Cl)C2. The molecule has 1 N–H and O–H groups in total. The number of piperidine rings is 1.